The van der Waals surface area contributed by atoms with Gasteiger partial charge in [-0.2, -0.15) is 13.2 Å². The molecule has 0 saturated carbocycles. The fourth-order valence-electron chi connectivity index (χ4n) is 0.799. The van der Waals surface area contributed by atoms with Crippen LogP contribution in [0.1, 0.15) is 17.3 Å². The number of aryl methyl sites for hydroxylation is 1. The molecule has 1 heterocycles. The SMILES string of the molecule is Cc1nc(CO)c(C(F)(F)F)o1. The van der Waals surface area contributed by atoms with E-state index in [-0.39, 0.29) is 5.89 Å². The summed E-state index contributed by atoms with van der Waals surface area (Å²) in [7, 11) is 0. The molecule has 68 valence electrons. The van der Waals surface area contributed by atoms with Crippen LogP contribution in [-0.4, -0.2) is 10.1 Å². The second-order valence-electron chi connectivity index (χ2n) is 2.16. The molecular weight excluding hydrogens is 175 g/mol. The van der Waals surface area contributed by atoms with Crippen molar-refractivity contribution in [2.45, 2.75) is 19.7 Å². The summed E-state index contributed by atoms with van der Waals surface area (Å²) in [6.07, 6.45) is -4.58. The number of hydrogen-bond acceptors (Lipinski definition) is 3. The lowest BCUT2D eigenvalue weighted by Crippen LogP contribution is -2.06. The molecule has 0 radical (unpaired) electrons. The smallest absolute Gasteiger partial charge is 0.436 e. The van der Waals surface area contributed by atoms with Gasteiger partial charge in [-0.05, 0) is 0 Å². The van der Waals surface area contributed by atoms with E-state index in [2.05, 4.69) is 9.40 Å². The predicted octanol–water partition coefficient (Wildman–Crippen LogP) is 1.49. The van der Waals surface area contributed by atoms with Crippen molar-refractivity contribution in [3.8, 4) is 0 Å². The second-order valence-corrected chi connectivity index (χ2v) is 2.16. The molecule has 0 aliphatic rings. The van der Waals surface area contributed by atoms with Gasteiger partial charge in [-0.25, -0.2) is 4.98 Å². The van der Waals surface area contributed by atoms with E-state index in [0.29, 0.717) is 0 Å². The third kappa shape index (κ3) is 1.58. The minimum atomic E-state index is -4.58. The molecule has 0 fully saturated rings. The molecule has 0 aliphatic heterocycles. The highest BCUT2D eigenvalue weighted by Crippen LogP contribution is 2.32. The Kier molecular flexibility index (Phi) is 2.10. The van der Waals surface area contributed by atoms with Crippen molar-refractivity contribution in [2.75, 3.05) is 0 Å². The van der Waals surface area contributed by atoms with Gasteiger partial charge in [-0.1, -0.05) is 0 Å². The maximum Gasteiger partial charge on any atom is 0.451 e. The third-order valence-corrected chi connectivity index (χ3v) is 1.21. The molecule has 1 aromatic rings. The fourth-order valence-corrected chi connectivity index (χ4v) is 0.799. The molecule has 1 N–H and O–H groups in total. The Morgan fingerprint density at radius 3 is 2.42 bits per heavy atom. The highest BCUT2D eigenvalue weighted by Gasteiger charge is 2.38. The minimum Gasteiger partial charge on any atom is -0.436 e. The fraction of sp³-hybridized carbons (Fsp3) is 0.500. The number of nitrogens with zero attached hydrogens (tertiary/aromatic N) is 1. The van der Waals surface area contributed by atoms with E-state index < -0.39 is 24.2 Å². The van der Waals surface area contributed by atoms with Gasteiger partial charge in [-0.3, -0.25) is 0 Å². The van der Waals surface area contributed by atoms with Gasteiger partial charge < -0.3 is 9.52 Å². The summed E-state index contributed by atoms with van der Waals surface area (Å²) >= 11 is 0. The van der Waals surface area contributed by atoms with Gasteiger partial charge >= 0.3 is 6.18 Å². The normalized spacial score (nSPS) is 12.1. The first kappa shape index (κ1) is 9.05. The quantitative estimate of drug-likeness (QED) is 0.713. The third-order valence-electron chi connectivity index (χ3n) is 1.21. The van der Waals surface area contributed by atoms with Crippen LogP contribution in [0.15, 0.2) is 4.42 Å². The Bertz CT molecular complexity index is 279. The van der Waals surface area contributed by atoms with Crippen LogP contribution in [0.4, 0.5) is 13.2 Å². The largest absolute Gasteiger partial charge is 0.451 e. The first-order chi connectivity index (χ1) is 5.45. The highest BCUT2D eigenvalue weighted by molar-refractivity contribution is 5.11. The molecule has 0 saturated heterocycles. The molecule has 1 aromatic heterocycles. The zero-order valence-electron chi connectivity index (χ0n) is 6.14. The predicted molar refractivity (Wildman–Crippen MR) is 32.2 cm³/mol. The molecule has 0 bridgehead atoms. The number of hydrogen-bond donors (Lipinski definition) is 1. The first-order valence-corrected chi connectivity index (χ1v) is 3.09. The topological polar surface area (TPSA) is 46.3 Å². The summed E-state index contributed by atoms with van der Waals surface area (Å²) in [6.45, 7) is 0.514. The van der Waals surface area contributed by atoms with Crippen molar-refractivity contribution in [3.63, 3.8) is 0 Å². The van der Waals surface area contributed by atoms with Gasteiger partial charge in [0.2, 0.25) is 5.76 Å². The van der Waals surface area contributed by atoms with Gasteiger partial charge in [0.15, 0.2) is 5.89 Å². The van der Waals surface area contributed by atoms with Crippen LogP contribution in [0, 0.1) is 6.92 Å². The Labute approximate surface area is 65.8 Å². The average Bonchev–Trinajstić information content (AvgIpc) is 2.29. The summed E-state index contributed by atoms with van der Waals surface area (Å²) in [6, 6.07) is 0. The standard InChI is InChI=1S/C6H6F3NO2/c1-3-10-4(2-11)5(12-3)6(7,8)9/h11H,2H2,1H3. The van der Waals surface area contributed by atoms with Crippen molar-refractivity contribution < 1.29 is 22.7 Å². The second kappa shape index (κ2) is 2.78. The summed E-state index contributed by atoms with van der Waals surface area (Å²) in [5.74, 6) is -1.33. The Balaban J connectivity index is 3.13. The maximum absolute atomic E-state index is 12.0. The zero-order valence-corrected chi connectivity index (χ0v) is 6.14. The zero-order chi connectivity index (χ0) is 9.35. The van der Waals surface area contributed by atoms with Crippen LogP contribution < -0.4 is 0 Å². The van der Waals surface area contributed by atoms with Crippen LogP contribution >= 0.6 is 0 Å². The molecular formula is C6H6F3NO2. The lowest BCUT2D eigenvalue weighted by Gasteiger charge is -2.01. The number of halogens is 3. The number of aromatic nitrogens is 1. The van der Waals surface area contributed by atoms with Gasteiger partial charge in [0.25, 0.3) is 0 Å². The molecule has 0 atom stereocenters. The van der Waals surface area contributed by atoms with E-state index in [4.69, 9.17) is 5.11 Å². The van der Waals surface area contributed by atoms with Crippen molar-refractivity contribution in [1.82, 2.24) is 4.98 Å². The minimum absolute atomic E-state index is 0.105. The van der Waals surface area contributed by atoms with Crippen LogP contribution in [-0.2, 0) is 12.8 Å². The average molecular weight is 181 g/mol. The molecule has 12 heavy (non-hydrogen) atoms. The number of oxazole rings is 1. The van der Waals surface area contributed by atoms with Crippen LogP contribution in [0.25, 0.3) is 0 Å². The van der Waals surface area contributed by atoms with Gasteiger partial charge in [0.05, 0.1) is 6.61 Å². The van der Waals surface area contributed by atoms with Crippen molar-refractivity contribution in [1.29, 1.82) is 0 Å². The number of alkyl halides is 3. The summed E-state index contributed by atoms with van der Waals surface area (Å²) in [5.41, 5.74) is -0.472. The summed E-state index contributed by atoms with van der Waals surface area (Å²) in [4.78, 5) is 3.36. The highest BCUT2D eigenvalue weighted by atomic mass is 19.4. The Morgan fingerprint density at radius 1 is 1.50 bits per heavy atom. The first-order valence-electron chi connectivity index (χ1n) is 3.09. The van der Waals surface area contributed by atoms with E-state index >= 15 is 0 Å². The molecule has 0 unspecified atom stereocenters. The number of aliphatic hydroxyl groups is 1. The lowest BCUT2D eigenvalue weighted by atomic mass is 10.3. The van der Waals surface area contributed by atoms with E-state index in [0.717, 1.165) is 0 Å². The van der Waals surface area contributed by atoms with E-state index in [9.17, 15) is 13.2 Å². The van der Waals surface area contributed by atoms with E-state index in [1.807, 2.05) is 0 Å². The van der Waals surface area contributed by atoms with Gasteiger partial charge in [-0.15, -0.1) is 0 Å². The van der Waals surface area contributed by atoms with E-state index in [1.165, 1.54) is 6.92 Å². The van der Waals surface area contributed by atoms with E-state index in [1.54, 1.807) is 0 Å². The molecule has 3 nitrogen and oxygen atoms in total. The van der Waals surface area contributed by atoms with Crippen molar-refractivity contribution in [3.05, 3.63) is 17.3 Å². The van der Waals surface area contributed by atoms with Crippen LogP contribution in [0.2, 0.25) is 0 Å². The van der Waals surface area contributed by atoms with Crippen LogP contribution in [0.5, 0.6) is 0 Å². The monoisotopic (exact) mass is 181 g/mol. The lowest BCUT2D eigenvalue weighted by molar-refractivity contribution is -0.154. The molecule has 0 aliphatic carbocycles. The Morgan fingerprint density at radius 2 is 2.08 bits per heavy atom. The molecule has 1 rings (SSSR count). The molecule has 0 aromatic carbocycles. The van der Waals surface area contributed by atoms with Crippen molar-refractivity contribution >= 4 is 0 Å². The molecule has 0 spiro atoms. The number of rotatable bonds is 1. The maximum atomic E-state index is 12.0. The molecule has 0 amide bonds. The molecule has 6 heteroatoms. The van der Waals surface area contributed by atoms with Crippen molar-refractivity contribution in [2.24, 2.45) is 0 Å². The van der Waals surface area contributed by atoms with Gasteiger partial charge in [0, 0.05) is 6.92 Å². The van der Waals surface area contributed by atoms with Gasteiger partial charge in [0.1, 0.15) is 5.69 Å². The number of aliphatic hydroxyl groups excluding tert-OH is 1. The van der Waals surface area contributed by atoms with Crippen LogP contribution in [0.3, 0.4) is 0 Å². The Hall–Kier alpha value is -1.04. The summed E-state index contributed by atoms with van der Waals surface area (Å²) < 4.78 is 40.3. The summed E-state index contributed by atoms with van der Waals surface area (Å²) in [5, 5.41) is 8.47.